The molecule has 0 amide bonds. The smallest absolute Gasteiger partial charge is 0.142 e. The minimum atomic E-state index is 0.449. The summed E-state index contributed by atoms with van der Waals surface area (Å²) in [7, 11) is 1.69. The van der Waals surface area contributed by atoms with Gasteiger partial charge >= 0.3 is 0 Å². The number of methoxy groups -OCH3 is 1. The number of halogens is 1. The van der Waals surface area contributed by atoms with Crippen molar-refractivity contribution in [2.24, 2.45) is 0 Å². The zero-order chi connectivity index (χ0) is 13.7. The van der Waals surface area contributed by atoms with Gasteiger partial charge in [0.15, 0.2) is 0 Å². The third kappa shape index (κ3) is 3.74. The summed E-state index contributed by atoms with van der Waals surface area (Å²) in [5, 5.41) is 3.45. The first kappa shape index (κ1) is 13.9. The molecule has 1 atom stereocenters. The summed E-state index contributed by atoms with van der Waals surface area (Å²) >= 11 is 3.48. The highest BCUT2D eigenvalue weighted by Gasteiger charge is 2.07. The minimum absolute atomic E-state index is 0.449. The summed E-state index contributed by atoms with van der Waals surface area (Å²) < 4.78 is 6.40. The van der Waals surface area contributed by atoms with Crippen molar-refractivity contribution in [3.05, 3.63) is 58.6 Å². The lowest BCUT2D eigenvalue weighted by Crippen LogP contribution is -2.10. The van der Waals surface area contributed by atoms with Gasteiger partial charge in [-0.1, -0.05) is 53.2 Å². The number of ether oxygens (including phenoxy) is 1. The fraction of sp³-hybridized carbons (Fsp3) is 0.250. The van der Waals surface area contributed by atoms with Crippen molar-refractivity contribution in [1.29, 1.82) is 0 Å². The molecule has 2 rings (SSSR count). The molecule has 0 bridgehead atoms. The van der Waals surface area contributed by atoms with E-state index in [-0.39, 0.29) is 0 Å². The Morgan fingerprint density at radius 2 is 1.89 bits per heavy atom. The van der Waals surface area contributed by atoms with Gasteiger partial charge in [-0.15, -0.1) is 0 Å². The minimum Gasteiger partial charge on any atom is -0.495 e. The molecule has 0 aliphatic heterocycles. The molecule has 2 aromatic rings. The molecule has 3 heteroatoms. The highest BCUT2D eigenvalue weighted by Crippen LogP contribution is 2.28. The number of hydrogen-bond acceptors (Lipinski definition) is 2. The van der Waals surface area contributed by atoms with Crippen LogP contribution in [0.4, 0.5) is 5.69 Å². The van der Waals surface area contributed by atoms with Crippen LogP contribution < -0.4 is 10.1 Å². The second-order valence-corrected chi connectivity index (χ2v) is 5.45. The lowest BCUT2D eigenvalue weighted by atomic mass is 10.0. The van der Waals surface area contributed by atoms with Gasteiger partial charge in [-0.05, 0) is 29.7 Å². The summed E-state index contributed by atoms with van der Waals surface area (Å²) in [4.78, 5) is 0. The van der Waals surface area contributed by atoms with E-state index in [9.17, 15) is 0 Å². The highest BCUT2D eigenvalue weighted by atomic mass is 79.9. The van der Waals surface area contributed by atoms with Crippen molar-refractivity contribution in [3.63, 3.8) is 0 Å². The van der Waals surface area contributed by atoms with E-state index in [0.29, 0.717) is 5.92 Å². The topological polar surface area (TPSA) is 21.3 Å². The Balaban J connectivity index is 2.04. The molecule has 19 heavy (non-hydrogen) atoms. The van der Waals surface area contributed by atoms with Gasteiger partial charge in [0.1, 0.15) is 5.75 Å². The maximum absolute atomic E-state index is 5.35. The van der Waals surface area contributed by atoms with Gasteiger partial charge in [0.05, 0.1) is 12.8 Å². The molecule has 0 fully saturated rings. The van der Waals surface area contributed by atoms with E-state index in [1.54, 1.807) is 7.11 Å². The first-order valence-electron chi connectivity index (χ1n) is 6.33. The predicted octanol–water partition coefficient (Wildman–Crippen LogP) is 4.67. The second-order valence-electron chi connectivity index (χ2n) is 4.54. The Morgan fingerprint density at radius 3 is 2.58 bits per heavy atom. The number of nitrogens with one attached hydrogen (secondary N) is 1. The van der Waals surface area contributed by atoms with Crippen LogP contribution in [0.15, 0.2) is 53.0 Å². The van der Waals surface area contributed by atoms with Gasteiger partial charge in [0.2, 0.25) is 0 Å². The van der Waals surface area contributed by atoms with Crippen molar-refractivity contribution < 1.29 is 4.74 Å². The van der Waals surface area contributed by atoms with Crippen LogP contribution in [-0.4, -0.2) is 13.7 Å². The van der Waals surface area contributed by atoms with Crippen molar-refractivity contribution in [3.8, 4) is 5.75 Å². The zero-order valence-corrected chi connectivity index (χ0v) is 12.8. The Labute approximate surface area is 122 Å². The Kier molecular flexibility index (Phi) is 4.86. The fourth-order valence-corrected chi connectivity index (χ4v) is 2.34. The molecule has 0 aliphatic rings. The van der Waals surface area contributed by atoms with Crippen molar-refractivity contribution in [2.45, 2.75) is 12.8 Å². The number of hydrogen-bond donors (Lipinski definition) is 1. The molecule has 0 heterocycles. The van der Waals surface area contributed by atoms with Crippen LogP contribution >= 0.6 is 15.9 Å². The van der Waals surface area contributed by atoms with Crippen molar-refractivity contribution in [2.75, 3.05) is 19.0 Å². The van der Waals surface area contributed by atoms with E-state index < -0.39 is 0 Å². The quantitative estimate of drug-likeness (QED) is 0.864. The van der Waals surface area contributed by atoms with Gasteiger partial charge in [0.25, 0.3) is 0 Å². The van der Waals surface area contributed by atoms with Crippen LogP contribution in [0.3, 0.4) is 0 Å². The molecule has 1 N–H and O–H groups in total. The van der Waals surface area contributed by atoms with Crippen LogP contribution in [0, 0.1) is 0 Å². The molecule has 1 unspecified atom stereocenters. The standard InChI is InChI=1S/C16H18BrNO/c1-12(13-6-4-3-5-7-13)11-18-15-10-14(17)8-9-16(15)19-2/h3-10,12,18H,11H2,1-2H3. The Morgan fingerprint density at radius 1 is 1.16 bits per heavy atom. The highest BCUT2D eigenvalue weighted by molar-refractivity contribution is 9.10. The van der Waals surface area contributed by atoms with Gasteiger partial charge in [0, 0.05) is 11.0 Å². The van der Waals surface area contributed by atoms with Crippen molar-refractivity contribution in [1.82, 2.24) is 0 Å². The molecular weight excluding hydrogens is 302 g/mol. The van der Waals surface area contributed by atoms with Crippen molar-refractivity contribution >= 4 is 21.6 Å². The van der Waals surface area contributed by atoms with Gasteiger partial charge in [-0.25, -0.2) is 0 Å². The first-order chi connectivity index (χ1) is 9.20. The second kappa shape index (κ2) is 6.62. The summed E-state index contributed by atoms with van der Waals surface area (Å²) in [6.45, 7) is 3.09. The molecule has 100 valence electrons. The number of anilines is 1. The lowest BCUT2D eigenvalue weighted by molar-refractivity contribution is 0.416. The molecule has 0 aromatic heterocycles. The van der Waals surface area contributed by atoms with Crippen LogP contribution in [0.1, 0.15) is 18.4 Å². The Hall–Kier alpha value is -1.48. The molecule has 0 spiro atoms. The van der Waals surface area contributed by atoms with E-state index in [1.165, 1.54) is 5.56 Å². The van der Waals surface area contributed by atoms with Crippen LogP contribution in [0.5, 0.6) is 5.75 Å². The molecule has 2 aromatic carbocycles. The van der Waals surface area contributed by atoms with Crippen LogP contribution in [-0.2, 0) is 0 Å². The molecule has 0 saturated carbocycles. The predicted molar refractivity (Wildman–Crippen MR) is 84.0 cm³/mol. The third-order valence-electron chi connectivity index (χ3n) is 3.13. The summed E-state index contributed by atoms with van der Waals surface area (Å²) in [5.41, 5.74) is 2.35. The fourth-order valence-electron chi connectivity index (χ4n) is 1.98. The molecule has 0 saturated heterocycles. The number of benzene rings is 2. The van der Waals surface area contributed by atoms with E-state index in [2.05, 4.69) is 52.4 Å². The first-order valence-corrected chi connectivity index (χ1v) is 7.12. The normalized spacial score (nSPS) is 11.9. The maximum Gasteiger partial charge on any atom is 0.142 e. The van der Waals surface area contributed by atoms with Gasteiger partial charge in [-0.3, -0.25) is 0 Å². The molecule has 0 radical (unpaired) electrons. The lowest BCUT2D eigenvalue weighted by Gasteiger charge is -2.16. The van der Waals surface area contributed by atoms with Crippen LogP contribution in [0.25, 0.3) is 0 Å². The SMILES string of the molecule is COc1ccc(Br)cc1NCC(C)c1ccccc1. The van der Waals surface area contributed by atoms with E-state index in [4.69, 9.17) is 4.74 Å². The largest absolute Gasteiger partial charge is 0.495 e. The molecule has 2 nitrogen and oxygen atoms in total. The van der Waals surface area contributed by atoms with E-state index in [1.807, 2.05) is 24.3 Å². The average Bonchev–Trinajstić information content (AvgIpc) is 2.46. The van der Waals surface area contributed by atoms with Gasteiger partial charge < -0.3 is 10.1 Å². The monoisotopic (exact) mass is 319 g/mol. The molecule has 0 aliphatic carbocycles. The van der Waals surface area contributed by atoms with E-state index >= 15 is 0 Å². The van der Waals surface area contributed by atoms with E-state index in [0.717, 1.165) is 22.5 Å². The maximum atomic E-state index is 5.35. The zero-order valence-electron chi connectivity index (χ0n) is 11.2. The summed E-state index contributed by atoms with van der Waals surface area (Å²) in [6.07, 6.45) is 0. The molecular formula is C16H18BrNO. The van der Waals surface area contributed by atoms with Gasteiger partial charge in [-0.2, -0.15) is 0 Å². The van der Waals surface area contributed by atoms with Crippen LogP contribution in [0.2, 0.25) is 0 Å². The summed E-state index contributed by atoms with van der Waals surface area (Å²) in [6, 6.07) is 16.5. The number of rotatable bonds is 5. The Bertz CT molecular complexity index is 528. The third-order valence-corrected chi connectivity index (χ3v) is 3.62. The average molecular weight is 320 g/mol. The summed E-state index contributed by atoms with van der Waals surface area (Å²) in [5.74, 6) is 1.31.